The van der Waals surface area contributed by atoms with Crippen LogP contribution >= 0.6 is 0 Å². The molecule has 0 bridgehead atoms. The lowest BCUT2D eigenvalue weighted by Gasteiger charge is -2.39. The summed E-state index contributed by atoms with van der Waals surface area (Å²) in [6, 6.07) is 113. The molecule has 0 fully saturated rings. The molecule has 13 aromatic carbocycles. The largest absolute Gasteiger partial charge is 0.457 e. The number of ether oxygens (including phenoxy) is 2. The summed E-state index contributed by atoms with van der Waals surface area (Å²) in [5, 5.41) is 0. The van der Waals surface area contributed by atoms with Gasteiger partial charge in [-0.2, -0.15) is 0 Å². The van der Waals surface area contributed by atoms with E-state index in [2.05, 4.69) is 314 Å². The Balaban J connectivity index is 0.884. The van der Waals surface area contributed by atoms with Crippen molar-refractivity contribution >= 4 is 17.1 Å². The highest BCUT2D eigenvalue weighted by atomic mass is 16.5. The maximum atomic E-state index is 6.76. The number of hydrogen-bond donors (Lipinski definition) is 0. The Hall–Kier alpha value is -10.7. The molecule has 0 atom stereocenters. The Morgan fingerprint density at radius 3 is 1.19 bits per heavy atom. The lowest BCUT2D eigenvalue weighted by Crippen LogP contribution is -2.32. The Labute approximate surface area is 483 Å². The van der Waals surface area contributed by atoms with Crippen molar-refractivity contribution in [2.45, 2.75) is 10.8 Å². The van der Waals surface area contributed by atoms with Crippen molar-refractivity contribution in [3.8, 4) is 89.8 Å². The highest BCUT2D eigenvalue weighted by Crippen LogP contribution is 2.65. The van der Waals surface area contributed by atoms with Gasteiger partial charge in [0.15, 0.2) is 0 Å². The smallest absolute Gasteiger partial charge is 0.132 e. The van der Waals surface area contributed by atoms with E-state index in [9.17, 15) is 0 Å². The topological polar surface area (TPSA) is 21.7 Å². The minimum atomic E-state index is -0.614. The van der Waals surface area contributed by atoms with Crippen LogP contribution in [0, 0.1) is 0 Å². The summed E-state index contributed by atoms with van der Waals surface area (Å²) >= 11 is 0. The molecule has 2 heterocycles. The third-order valence-corrected chi connectivity index (χ3v) is 18.0. The average Bonchev–Trinajstić information content (AvgIpc) is 4.17. The van der Waals surface area contributed by atoms with Crippen LogP contribution in [-0.4, -0.2) is 0 Å². The van der Waals surface area contributed by atoms with Gasteiger partial charge in [0.1, 0.15) is 23.0 Å². The van der Waals surface area contributed by atoms with Gasteiger partial charge in [-0.05, 0) is 132 Å². The van der Waals surface area contributed by atoms with Crippen molar-refractivity contribution in [1.82, 2.24) is 0 Å². The summed E-state index contributed by atoms with van der Waals surface area (Å²) in [4.78, 5) is 2.50. The first-order chi connectivity index (χ1) is 41.2. The molecule has 0 saturated heterocycles. The fourth-order valence-corrected chi connectivity index (χ4v) is 14.7. The van der Waals surface area contributed by atoms with E-state index in [-0.39, 0.29) is 0 Å². The molecular formula is C80H51NO2. The van der Waals surface area contributed by atoms with Crippen LogP contribution in [0.4, 0.5) is 17.1 Å². The van der Waals surface area contributed by atoms with Crippen LogP contribution in [0.15, 0.2) is 309 Å². The predicted molar refractivity (Wildman–Crippen MR) is 338 cm³/mol. The van der Waals surface area contributed by atoms with Gasteiger partial charge in [0, 0.05) is 39.1 Å². The van der Waals surface area contributed by atoms with Crippen molar-refractivity contribution in [2.24, 2.45) is 0 Å². The van der Waals surface area contributed by atoms with E-state index >= 15 is 0 Å². The van der Waals surface area contributed by atoms with Crippen LogP contribution in [0.25, 0.3) is 66.8 Å². The SMILES string of the molecule is c1ccc(-c2ccc(-c3ccccc3N(c3cccc(-c4cccc5c4-c4ccccc4C54c5ccccc5Oc5ccccc54)c3)c3ccccc3-c3ccc4c(c3)C3(c5ccccc5Oc5ccccc53)c3ccccc3-4)cc2)cc1. The molecule has 3 nitrogen and oxygen atoms in total. The third-order valence-electron chi connectivity index (χ3n) is 18.0. The fraction of sp³-hybridized carbons (Fsp3) is 0.0250. The summed E-state index contributed by atoms with van der Waals surface area (Å²) in [5.74, 6) is 3.53. The molecule has 0 aromatic heterocycles. The van der Waals surface area contributed by atoms with Crippen LogP contribution in [-0.2, 0) is 10.8 Å². The quantitative estimate of drug-likeness (QED) is 0.159. The molecule has 3 heteroatoms. The molecule has 0 saturated carbocycles. The van der Waals surface area contributed by atoms with Gasteiger partial charge in [0.05, 0.1) is 22.2 Å². The van der Waals surface area contributed by atoms with Crippen molar-refractivity contribution in [1.29, 1.82) is 0 Å². The van der Waals surface area contributed by atoms with Crippen molar-refractivity contribution in [2.75, 3.05) is 4.90 Å². The molecule has 0 N–H and O–H groups in total. The van der Waals surface area contributed by atoms with E-state index in [1.54, 1.807) is 0 Å². The van der Waals surface area contributed by atoms with Gasteiger partial charge in [0.25, 0.3) is 0 Å². The lowest BCUT2D eigenvalue weighted by atomic mass is 9.66. The summed E-state index contributed by atoms with van der Waals surface area (Å²) in [5.41, 5.74) is 25.7. The van der Waals surface area contributed by atoms with Gasteiger partial charge in [-0.25, -0.2) is 0 Å². The second kappa shape index (κ2) is 18.4. The predicted octanol–water partition coefficient (Wildman–Crippen LogP) is 20.8. The highest BCUT2D eigenvalue weighted by Gasteiger charge is 2.53. The second-order valence-corrected chi connectivity index (χ2v) is 22.1. The maximum absolute atomic E-state index is 6.76. The molecule has 13 aromatic rings. The van der Waals surface area contributed by atoms with Gasteiger partial charge < -0.3 is 14.4 Å². The molecule has 2 spiro atoms. The van der Waals surface area contributed by atoms with E-state index < -0.39 is 10.8 Å². The zero-order valence-electron chi connectivity index (χ0n) is 45.2. The van der Waals surface area contributed by atoms with Gasteiger partial charge in [0.2, 0.25) is 0 Å². The number of rotatable bonds is 7. The molecule has 2 aliphatic heterocycles. The van der Waals surface area contributed by atoms with Crippen LogP contribution in [0.2, 0.25) is 0 Å². The van der Waals surface area contributed by atoms with Crippen LogP contribution in [0.5, 0.6) is 23.0 Å². The monoisotopic (exact) mass is 1060 g/mol. The molecule has 83 heavy (non-hydrogen) atoms. The van der Waals surface area contributed by atoms with Crippen LogP contribution in [0.3, 0.4) is 0 Å². The van der Waals surface area contributed by atoms with E-state index in [0.29, 0.717) is 0 Å². The molecule has 0 radical (unpaired) electrons. The van der Waals surface area contributed by atoms with Crippen molar-refractivity contribution < 1.29 is 9.47 Å². The number of hydrogen-bond acceptors (Lipinski definition) is 3. The van der Waals surface area contributed by atoms with Crippen LogP contribution in [0.1, 0.15) is 44.5 Å². The number of nitrogens with zero attached hydrogens (tertiary/aromatic N) is 1. The van der Waals surface area contributed by atoms with Gasteiger partial charge in [-0.15, -0.1) is 0 Å². The lowest BCUT2D eigenvalue weighted by molar-refractivity contribution is 0.436. The van der Waals surface area contributed by atoms with Gasteiger partial charge in [-0.3, -0.25) is 0 Å². The number of anilines is 3. The molecule has 2 aliphatic carbocycles. The highest BCUT2D eigenvalue weighted by molar-refractivity contribution is 6.00. The molecule has 4 aliphatic rings. The third kappa shape index (κ3) is 6.80. The van der Waals surface area contributed by atoms with E-state index in [1.165, 1.54) is 61.2 Å². The standard InChI is InChI=1S/C80H51NO2/c1-2-22-52(23-3-1)53-44-46-54(47-45-53)58-26-6-14-38-72(58)81(57-25-20-24-55(50-57)60-30-21-37-70-78(60)63-29-5-9-32-65(63)79(70)66-33-10-16-40-74(66)82-75-41-17-11-34-67(75)79)73-39-15-7-27-59(73)56-48-49-62-61-28-4-8-31-64(61)80(71(62)51-56)68-35-12-18-42-76(68)83-77-43-19-13-36-69(77)80/h1-51H. The fourth-order valence-electron chi connectivity index (χ4n) is 14.7. The number of benzene rings is 13. The Morgan fingerprint density at radius 1 is 0.217 bits per heavy atom. The second-order valence-electron chi connectivity index (χ2n) is 22.1. The Morgan fingerprint density at radius 2 is 0.590 bits per heavy atom. The minimum Gasteiger partial charge on any atom is -0.457 e. The Kier molecular flexibility index (Phi) is 10.4. The summed E-state index contributed by atoms with van der Waals surface area (Å²) in [7, 11) is 0. The molecule has 388 valence electrons. The molecule has 0 amide bonds. The summed E-state index contributed by atoms with van der Waals surface area (Å²) in [6.07, 6.45) is 0. The zero-order valence-corrected chi connectivity index (χ0v) is 45.2. The zero-order chi connectivity index (χ0) is 54.6. The molecule has 17 rings (SSSR count). The van der Waals surface area contributed by atoms with E-state index in [0.717, 1.165) is 90.1 Å². The number of para-hydroxylation sites is 6. The average molecular weight is 1060 g/mol. The maximum Gasteiger partial charge on any atom is 0.132 e. The first-order valence-corrected chi connectivity index (χ1v) is 28.6. The summed E-state index contributed by atoms with van der Waals surface area (Å²) < 4.78 is 13.5. The first kappa shape index (κ1) is 47.1. The van der Waals surface area contributed by atoms with Crippen LogP contribution < -0.4 is 14.4 Å². The Bertz CT molecular complexity index is 4670. The number of fused-ring (bicyclic) bond motifs is 18. The summed E-state index contributed by atoms with van der Waals surface area (Å²) in [6.45, 7) is 0. The van der Waals surface area contributed by atoms with E-state index in [1.807, 2.05) is 0 Å². The minimum absolute atomic E-state index is 0.588. The van der Waals surface area contributed by atoms with Gasteiger partial charge >= 0.3 is 0 Å². The van der Waals surface area contributed by atoms with Crippen molar-refractivity contribution in [3.63, 3.8) is 0 Å². The molecular weight excluding hydrogens is 1010 g/mol. The molecule has 0 unspecified atom stereocenters. The first-order valence-electron chi connectivity index (χ1n) is 28.6. The van der Waals surface area contributed by atoms with Crippen molar-refractivity contribution in [3.05, 3.63) is 354 Å². The normalized spacial score (nSPS) is 13.7. The van der Waals surface area contributed by atoms with E-state index in [4.69, 9.17) is 9.47 Å². The van der Waals surface area contributed by atoms with Gasteiger partial charge in [-0.1, -0.05) is 255 Å².